The molecule has 0 radical (unpaired) electrons. The average molecular weight is 375 g/mol. The molecule has 1 aliphatic rings. The maximum absolute atomic E-state index is 12.4. The van der Waals surface area contributed by atoms with Gasteiger partial charge in [0.15, 0.2) is 0 Å². The molecule has 2 aromatic rings. The molecule has 1 aromatic heterocycles. The zero-order valence-corrected chi connectivity index (χ0v) is 14.9. The number of nitrogens with one attached hydrogen (secondary N) is 2. The van der Waals surface area contributed by atoms with Crippen LogP contribution in [-0.2, 0) is 23.8 Å². The van der Waals surface area contributed by atoms with Gasteiger partial charge in [-0.15, -0.1) is 0 Å². The van der Waals surface area contributed by atoms with Gasteiger partial charge in [0.1, 0.15) is 12.4 Å². The van der Waals surface area contributed by atoms with E-state index in [1.54, 1.807) is 19.1 Å². The highest BCUT2D eigenvalue weighted by atomic mass is 16.5. The molecule has 2 N–H and O–H groups in total. The van der Waals surface area contributed by atoms with E-state index in [-0.39, 0.29) is 24.6 Å². The zero-order valence-electron chi connectivity index (χ0n) is 14.9. The van der Waals surface area contributed by atoms with Crippen molar-refractivity contribution < 1.29 is 23.8 Å². The maximum atomic E-state index is 12.4. The number of rotatable bonds is 3. The topological polar surface area (TPSA) is 131 Å². The first-order valence-corrected chi connectivity index (χ1v) is 7.89. The summed E-state index contributed by atoms with van der Waals surface area (Å²) in [5, 5.41) is 0. The molecule has 142 valence electrons. The summed E-state index contributed by atoms with van der Waals surface area (Å²) in [7, 11) is 2.40. The Morgan fingerprint density at radius 3 is 2.22 bits per heavy atom. The first kappa shape index (κ1) is 18.4. The second-order valence-corrected chi connectivity index (χ2v) is 5.81. The van der Waals surface area contributed by atoms with Gasteiger partial charge in [0, 0.05) is 5.69 Å². The number of fused-ring (bicyclic) bond motifs is 1. The molecule has 0 spiro atoms. The number of esters is 2. The predicted octanol–water partition coefficient (Wildman–Crippen LogP) is -0.0810. The summed E-state index contributed by atoms with van der Waals surface area (Å²) in [6.07, 6.45) is 0. The largest absolute Gasteiger partial charge is 0.466 e. The summed E-state index contributed by atoms with van der Waals surface area (Å²) in [6, 6.07) is 3.22. The SMILES string of the molecule is COC(=O)C1=C(C(=O)OC)N(c2cc3[nH]c(=O)c(=O)[nH]c3cc2C)COC1. The Labute approximate surface area is 152 Å². The van der Waals surface area contributed by atoms with Crippen molar-refractivity contribution in [1.29, 1.82) is 0 Å². The fourth-order valence-electron chi connectivity index (χ4n) is 2.89. The molecule has 2 heterocycles. The standard InChI is InChI=1S/C17H17N3O7/c1-8-4-10-11(19-15(22)14(21)18-10)5-12(8)20-7-27-6-9(16(23)25-2)13(20)17(24)26-3/h4-5H,6-7H2,1-3H3,(H,18,21)(H,19,22). The molecule has 1 aliphatic heterocycles. The minimum absolute atomic E-state index is 0.00942. The van der Waals surface area contributed by atoms with Crippen molar-refractivity contribution >= 4 is 28.7 Å². The molecule has 0 saturated carbocycles. The third-order valence-corrected chi connectivity index (χ3v) is 4.16. The molecule has 0 fully saturated rings. The molecule has 3 rings (SSSR count). The number of methoxy groups -OCH3 is 2. The Balaban J connectivity index is 2.24. The Kier molecular flexibility index (Phi) is 4.82. The number of aromatic nitrogens is 2. The van der Waals surface area contributed by atoms with E-state index >= 15 is 0 Å². The van der Waals surface area contributed by atoms with Crippen molar-refractivity contribution in [3.8, 4) is 0 Å². The van der Waals surface area contributed by atoms with Gasteiger partial charge in [-0.25, -0.2) is 9.59 Å². The maximum Gasteiger partial charge on any atom is 0.355 e. The third kappa shape index (κ3) is 3.22. The van der Waals surface area contributed by atoms with Gasteiger partial charge in [-0.05, 0) is 24.6 Å². The normalized spacial score (nSPS) is 14.4. The lowest BCUT2D eigenvalue weighted by atomic mass is 10.1. The van der Waals surface area contributed by atoms with E-state index in [1.807, 2.05) is 0 Å². The van der Waals surface area contributed by atoms with Gasteiger partial charge in [0.2, 0.25) is 0 Å². The van der Waals surface area contributed by atoms with Crippen molar-refractivity contribution in [2.75, 3.05) is 32.5 Å². The second kappa shape index (κ2) is 7.08. The van der Waals surface area contributed by atoms with Crippen molar-refractivity contribution in [3.05, 3.63) is 49.7 Å². The molecule has 0 bridgehead atoms. The monoisotopic (exact) mass is 375 g/mol. The molecule has 0 amide bonds. The van der Waals surface area contributed by atoms with Crippen molar-refractivity contribution in [1.82, 2.24) is 9.97 Å². The fourth-order valence-corrected chi connectivity index (χ4v) is 2.89. The summed E-state index contributed by atoms with van der Waals surface area (Å²) in [6.45, 7) is 1.62. The van der Waals surface area contributed by atoms with Crippen molar-refractivity contribution in [2.45, 2.75) is 6.92 Å². The van der Waals surface area contributed by atoms with Gasteiger partial charge < -0.3 is 29.1 Å². The summed E-state index contributed by atoms with van der Waals surface area (Å²) >= 11 is 0. The Hall–Kier alpha value is -3.40. The number of benzene rings is 1. The number of aryl methyl sites for hydroxylation is 1. The van der Waals surface area contributed by atoms with Gasteiger partial charge in [-0.3, -0.25) is 9.59 Å². The lowest BCUT2D eigenvalue weighted by Gasteiger charge is -2.32. The number of ether oxygens (including phenoxy) is 3. The molecule has 10 heteroatoms. The Morgan fingerprint density at radius 2 is 1.63 bits per heavy atom. The second-order valence-electron chi connectivity index (χ2n) is 5.81. The van der Waals surface area contributed by atoms with E-state index in [2.05, 4.69) is 9.97 Å². The van der Waals surface area contributed by atoms with Crippen LogP contribution in [-0.4, -0.2) is 49.5 Å². The van der Waals surface area contributed by atoms with Crippen LogP contribution in [0.15, 0.2) is 33.0 Å². The van der Waals surface area contributed by atoms with Gasteiger partial charge >= 0.3 is 23.1 Å². The number of anilines is 1. The summed E-state index contributed by atoms with van der Waals surface area (Å²) in [5.74, 6) is -1.44. The van der Waals surface area contributed by atoms with Crippen molar-refractivity contribution in [3.63, 3.8) is 0 Å². The minimum Gasteiger partial charge on any atom is -0.466 e. The van der Waals surface area contributed by atoms with Crippen LogP contribution in [0.4, 0.5) is 5.69 Å². The smallest absolute Gasteiger partial charge is 0.355 e. The number of carbonyl (C=O) groups is 2. The predicted molar refractivity (Wildman–Crippen MR) is 94.3 cm³/mol. The number of hydrogen-bond donors (Lipinski definition) is 2. The molecule has 0 unspecified atom stereocenters. The number of nitrogens with zero attached hydrogens (tertiary/aromatic N) is 1. The lowest BCUT2D eigenvalue weighted by molar-refractivity contribution is -0.140. The summed E-state index contributed by atoms with van der Waals surface area (Å²) < 4.78 is 15.0. The van der Waals surface area contributed by atoms with Gasteiger partial charge in [-0.2, -0.15) is 0 Å². The molecule has 10 nitrogen and oxygen atoms in total. The zero-order chi connectivity index (χ0) is 19.7. The van der Waals surface area contributed by atoms with Crippen LogP contribution >= 0.6 is 0 Å². The quantitative estimate of drug-likeness (QED) is 0.563. The number of carbonyl (C=O) groups excluding carboxylic acids is 2. The van der Waals surface area contributed by atoms with Crippen LogP contribution < -0.4 is 16.0 Å². The molecule has 0 atom stereocenters. The highest BCUT2D eigenvalue weighted by Crippen LogP contribution is 2.31. The highest BCUT2D eigenvalue weighted by molar-refractivity contribution is 6.03. The van der Waals surface area contributed by atoms with Crippen LogP contribution in [0.1, 0.15) is 5.56 Å². The Bertz CT molecular complexity index is 1080. The van der Waals surface area contributed by atoms with E-state index in [0.29, 0.717) is 22.3 Å². The summed E-state index contributed by atoms with van der Waals surface area (Å²) in [4.78, 5) is 54.0. The van der Waals surface area contributed by atoms with E-state index in [4.69, 9.17) is 14.2 Å². The van der Waals surface area contributed by atoms with E-state index in [9.17, 15) is 19.2 Å². The molecular formula is C17H17N3O7. The third-order valence-electron chi connectivity index (χ3n) is 4.16. The van der Waals surface area contributed by atoms with Crippen LogP contribution in [0.2, 0.25) is 0 Å². The molecule has 0 aliphatic carbocycles. The molecule has 27 heavy (non-hydrogen) atoms. The molecule has 1 aromatic carbocycles. The first-order chi connectivity index (χ1) is 12.9. The first-order valence-electron chi connectivity index (χ1n) is 7.89. The lowest BCUT2D eigenvalue weighted by Crippen LogP contribution is -2.39. The van der Waals surface area contributed by atoms with E-state index in [1.165, 1.54) is 19.1 Å². The number of H-pyrrole nitrogens is 2. The Morgan fingerprint density at radius 1 is 1.04 bits per heavy atom. The minimum atomic E-state index is -0.800. The van der Waals surface area contributed by atoms with Crippen LogP contribution in [0, 0.1) is 6.92 Å². The fraction of sp³-hybridized carbons (Fsp3) is 0.294. The number of hydrogen-bond acceptors (Lipinski definition) is 8. The molecular weight excluding hydrogens is 358 g/mol. The average Bonchev–Trinajstić information content (AvgIpc) is 2.67. The van der Waals surface area contributed by atoms with Crippen LogP contribution in [0.5, 0.6) is 0 Å². The number of aromatic amines is 2. The van der Waals surface area contributed by atoms with E-state index < -0.39 is 23.1 Å². The van der Waals surface area contributed by atoms with Crippen LogP contribution in [0.3, 0.4) is 0 Å². The summed E-state index contributed by atoms with van der Waals surface area (Å²) in [5.41, 5.74) is 0.387. The highest BCUT2D eigenvalue weighted by Gasteiger charge is 2.33. The van der Waals surface area contributed by atoms with Gasteiger partial charge in [-0.1, -0.05) is 0 Å². The van der Waals surface area contributed by atoms with Crippen molar-refractivity contribution in [2.24, 2.45) is 0 Å². The van der Waals surface area contributed by atoms with E-state index in [0.717, 1.165) is 0 Å². The van der Waals surface area contributed by atoms with Gasteiger partial charge in [0.25, 0.3) is 0 Å². The van der Waals surface area contributed by atoms with Crippen LogP contribution in [0.25, 0.3) is 11.0 Å². The molecule has 0 saturated heterocycles. The van der Waals surface area contributed by atoms with Gasteiger partial charge in [0.05, 0.1) is 37.4 Å².